The fourth-order valence-corrected chi connectivity index (χ4v) is 3.88. The zero-order valence-corrected chi connectivity index (χ0v) is 22.0. The Balaban J connectivity index is 2.29. The Morgan fingerprint density at radius 1 is 0.944 bits per heavy atom. The van der Waals surface area contributed by atoms with Gasteiger partial charge in [-0.1, -0.05) is 18.2 Å². The topological polar surface area (TPSA) is 87.2 Å². The molecule has 1 amide bonds. The molecular formula is C28H32N2O6. The molecule has 8 heteroatoms. The molecule has 36 heavy (non-hydrogen) atoms. The van der Waals surface area contributed by atoms with Gasteiger partial charge in [0.05, 0.1) is 32.6 Å². The minimum Gasteiger partial charge on any atom is -0.497 e. The summed E-state index contributed by atoms with van der Waals surface area (Å²) >= 11 is 0. The maximum Gasteiger partial charge on any atom is 0.420 e. The number of ether oxygens (including phenoxy) is 4. The Morgan fingerprint density at radius 3 is 2.25 bits per heavy atom. The summed E-state index contributed by atoms with van der Waals surface area (Å²) in [6, 6.07) is 12.3. The summed E-state index contributed by atoms with van der Waals surface area (Å²) in [5, 5.41) is 0. The fraction of sp³-hybridized carbons (Fsp3) is 0.321. The molecule has 0 radical (unpaired) electrons. The van der Waals surface area contributed by atoms with E-state index in [-0.39, 0.29) is 0 Å². The third-order valence-corrected chi connectivity index (χ3v) is 5.44. The Labute approximate surface area is 211 Å². The Morgan fingerprint density at radius 2 is 1.64 bits per heavy atom. The molecule has 2 aromatic carbocycles. The molecule has 1 aromatic heterocycles. The minimum atomic E-state index is -0.753. The van der Waals surface area contributed by atoms with E-state index in [1.54, 1.807) is 70.5 Å². The Hall–Kier alpha value is -4.07. The molecule has 0 spiro atoms. The van der Waals surface area contributed by atoms with Gasteiger partial charge in [0.15, 0.2) is 0 Å². The van der Waals surface area contributed by atoms with Crippen LogP contribution in [0.5, 0.6) is 11.5 Å². The van der Waals surface area contributed by atoms with Gasteiger partial charge in [0.25, 0.3) is 0 Å². The molecule has 0 aliphatic rings. The number of aromatic nitrogens is 1. The molecule has 1 heterocycles. The lowest BCUT2D eigenvalue weighted by atomic mass is 9.98. The lowest BCUT2D eigenvalue weighted by Crippen LogP contribution is -2.34. The molecule has 0 bridgehead atoms. The van der Waals surface area contributed by atoms with Crippen LogP contribution in [-0.4, -0.2) is 44.0 Å². The molecular weight excluding hydrogens is 460 g/mol. The van der Waals surface area contributed by atoms with Gasteiger partial charge in [-0.25, -0.2) is 19.5 Å². The van der Waals surface area contributed by atoms with E-state index >= 15 is 0 Å². The maximum absolute atomic E-state index is 13.6. The fourth-order valence-electron chi connectivity index (χ4n) is 3.88. The predicted octanol–water partition coefficient (Wildman–Crippen LogP) is 6.24. The number of carbonyl (C=O) groups excluding carboxylic acids is 2. The summed E-state index contributed by atoms with van der Waals surface area (Å²) < 4.78 is 21.9. The number of esters is 1. The first-order valence-electron chi connectivity index (χ1n) is 11.4. The molecule has 0 aliphatic carbocycles. The van der Waals surface area contributed by atoms with Gasteiger partial charge < -0.3 is 18.9 Å². The first-order chi connectivity index (χ1) is 17.0. The second-order valence-electron chi connectivity index (χ2n) is 9.20. The van der Waals surface area contributed by atoms with Crippen LogP contribution in [0.1, 0.15) is 42.3 Å². The number of hydrogen-bond donors (Lipinski definition) is 0. The van der Waals surface area contributed by atoms with Gasteiger partial charge in [0.1, 0.15) is 22.9 Å². The van der Waals surface area contributed by atoms with E-state index in [1.165, 1.54) is 19.1 Å². The molecule has 0 saturated heterocycles. The van der Waals surface area contributed by atoms with E-state index in [2.05, 4.69) is 4.98 Å². The van der Waals surface area contributed by atoms with E-state index < -0.39 is 17.7 Å². The SMILES string of the molecule is COC(=O)c1ccccc1-c1cc(OC)cc(N(C(=O)OC(C)(C)C)c2ncc(C)c(OC)c2C)c1. The number of rotatable bonds is 6. The molecule has 190 valence electrons. The van der Waals surface area contributed by atoms with E-state index in [0.717, 1.165) is 5.56 Å². The molecule has 0 saturated carbocycles. The van der Waals surface area contributed by atoms with E-state index in [1.807, 2.05) is 19.9 Å². The van der Waals surface area contributed by atoms with Gasteiger partial charge in [0.2, 0.25) is 0 Å². The molecule has 3 aromatic rings. The van der Waals surface area contributed by atoms with Gasteiger partial charge in [0, 0.05) is 23.4 Å². The number of methoxy groups -OCH3 is 3. The van der Waals surface area contributed by atoms with E-state index in [0.29, 0.717) is 45.3 Å². The molecule has 0 atom stereocenters. The number of carbonyl (C=O) groups is 2. The van der Waals surface area contributed by atoms with Gasteiger partial charge in [-0.2, -0.15) is 0 Å². The van der Waals surface area contributed by atoms with Crippen molar-refractivity contribution in [2.24, 2.45) is 0 Å². The minimum absolute atomic E-state index is 0.354. The Kier molecular flexibility index (Phi) is 7.87. The molecule has 8 nitrogen and oxygen atoms in total. The summed E-state index contributed by atoms with van der Waals surface area (Å²) in [6.07, 6.45) is 1.02. The highest BCUT2D eigenvalue weighted by molar-refractivity contribution is 6.00. The lowest BCUT2D eigenvalue weighted by Gasteiger charge is -2.29. The largest absolute Gasteiger partial charge is 0.497 e. The van der Waals surface area contributed by atoms with E-state index in [9.17, 15) is 9.59 Å². The second kappa shape index (κ2) is 10.7. The Bertz CT molecular complexity index is 1280. The number of amides is 1. The highest BCUT2D eigenvalue weighted by Gasteiger charge is 2.29. The molecule has 0 aliphatic heterocycles. The van der Waals surface area contributed by atoms with Gasteiger partial charge >= 0.3 is 12.1 Å². The van der Waals surface area contributed by atoms with Crippen LogP contribution in [0.2, 0.25) is 0 Å². The normalized spacial score (nSPS) is 11.0. The smallest absolute Gasteiger partial charge is 0.420 e. The highest BCUT2D eigenvalue weighted by atomic mass is 16.6. The maximum atomic E-state index is 13.6. The number of nitrogens with zero attached hydrogens (tertiary/aromatic N) is 2. The van der Waals surface area contributed by atoms with Crippen LogP contribution in [0.3, 0.4) is 0 Å². The molecule has 0 N–H and O–H groups in total. The lowest BCUT2D eigenvalue weighted by molar-refractivity contribution is 0.0589. The number of benzene rings is 2. The third kappa shape index (κ3) is 5.59. The standard InChI is InChI=1S/C28H32N2O6/c1-17-16-29-25(18(2)24(17)34-7)30(27(32)36-28(3,4)5)20-13-19(14-21(15-20)33-6)22-11-9-10-12-23(22)26(31)35-8/h9-16H,1-8H3. The summed E-state index contributed by atoms with van der Waals surface area (Å²) in [5.74, 6) is 0.979. The van der Waals surface area contributed by atoms with Gasteiger partial charge in [-0.05, 0) is 63.9 Å². The number of aryl methyl sites for hydroxylation is 1. The van der Waals surface area contributed by atoms with Crippen molar-refractivity contribution in [1.29, 1.82) is 0 Å². The molecule has 0 unspecified atom stereocenters. The zero-order chi connectivity index (χ0) is 26.6. The van der Waals surface area contributed by atoms with Crippen LogP contribution >= 0.6 is 0 Å². The van der Waals surface area contributed by atoms with Crippen LogP contribution in [0.25, 0.3) is 11.1 Å². The first-order valence-corrected chi connectivity index (χ1v) is 11.4. The average molecular weight is 493 g/mol. The summed E-state index contributed by atoms with van der Waals surface area (Å²) in [6.45, 7) is 9.10. The number of hydrogen-bond acceptors (Lipinski definition) is 7. The van der Waals surface area contributed by atoms with Crippen molar-refractivity contribution in [2.45, 2.75) is 40.2 Å². The van der Waals surface area contributed by atoms with Crippen molar-refractivity contribution in [1.82, 2.24) is 4.98 Å². The molecule has 0 fully saturated rings. The van der Waals surface area contributed by atoms with Crippen molar-refractivity contribution in [3.63, 3.8) is 0 Å². The van der Waals surface area contributed by atoms with Crippen LogP contribution in [0.4, 0.5) is 16.3 Å². The predicted molar refractivity (Wildman–Crippen MR) is 138 cm³/mol. The van der Waals surface area contributed by atoms with Crippen LogP contribution in [0, 0.1) is 13.8 Å². The van der Waals surface area contributed by atoms with Crippen LogP contribution in [-0.2, 0) is 9.47 Å². The summed E-state index contributed by atoms with van der Waals surface area (Å²) in [4.78, 5) is 32.0. The zero-order valence-electron chi connectivity index (χ0n) is 22.0. The molecule has 3 rings (SSSR count). The quantitative estimate of drug-likeness (QED) is 0.376. The highest BCUT2D eigenvalue weighted by Crippen LogP contribution is 2.39. The van der Waals surface area contributed by atoms with Crippen LogP contribution in [0.15, 0.2) is 48.7 Å². The summed E-state index contributed by atoms with van der Waals surface area (Å²) in [5.41, 5.74) is 2.85. The summed E-state index contributed by atoms with van der Waals surface area (Å²) in [7, 11) is 4.44. The first kappa shape index (κ1) is 26.5. The van der Waals surface area contributed by atoms with Crippen LogP contribution < -0.4 is 14.4 Å². The monoisotopic (exact) mass is 492 g/mol. The van der Waals surface area contributed by atoms with E-state index in [4.69, 9.17) is 18.9 Å². The van der Waals surface area contributed by atoms with Crippen molar-refractivity contribution < 1.29 is 28.5 Å². The average Bonchev–Trinajstić information content (AvgIpc) is 2.84. The van der Waals surface area contributed by atoms with Crippen molar-refractivity contribution in [2.75, 3.05) is 26.2 Å². The second-order valence-corrected chi connectivity index (χ2v) is 9.20. The van der Waals surface area contributed by atoms with Crippen molar-refractivity contribution in [3.05, 3.63) is 65.4 Å². The number of anilines is 2. The van der Waals surface area contributed by atoms with Gasteiger partial charge in [-0.3, -0.25) is 0 Å². The van der Waals surface area contributed by atoms with Crippen molar-refractivity contribution >= 4 is 23.6 Å². The van der Waals surface area contributed by atoms with Gasteiger partial charge in [-0.15, -0.1) is 0 Å². The number of pyridine rings is 1. The van der Waals surface area contributed by atoms with Crippen molar-refractivity contribution in [3.8, 4) is 22.6 Å². The third-order valence-electron chi connectivity index (χ3n) is 5.44.